The number of rotatable bonds is 8. The number of amides is 2. The monoisotopic (exact) mass is 294 g/mol. The fraction of sp³-hybridized carbons (Fsp3) is 0.500. The Labute approximate surface area is 125 Å². The lowest BCUT2D eigenvalue weighted by molar-refractivity contribution is -0.127. The Hall–Kier alpha value is -1.91. The SMILES string of the molecule is CCCC[C@H](CC)C(=O)NCC(=O)Nc1ccc(F)cc1. The smallest absolute Gasteiger partial charge is 0.243 e. The van der Waals surface area contributed by atoms with E-state index in [2.05, 4.69) is 17.6 Å². The molecule has 116 valence electrons. The van der Waals surface area contributed by atoms with E-state index < -0.39 is 0 Å². The summed E-state index contributed by atoms with van der Waals surface area (Å²) < 4.78 is 12.7. The van der Waals surface area contributed by atoms with Crippen LogP contribution in [0.3, 0.4) is 0 Å². The van der Waals surface area contributed by atoms with Gasteiger partial charge in [0.2, 0.25) is 11.8 Å². The van der Waals surface area contributed by atoms with Gasteiger partial charge in [0.25, 0.3) is 0 Å². The van der Waals surface area contributed by atoms with E-state index in [0.29, 0.717) is 5.69 Å². The van der Waals surface area contributed by atoms with Gasteiger partial charge in [0.15, 0.2) is 0 Å². The topological polar surface area (TPSA) is 58.2 Å². The van der Waals surface area contributed by atoms with Gasteiger partial charge in [0.1, 0.15) is 5.82 Å². The molecule has 0 unspecified atom stereocenters. The van der Waals surface area contributed by atoms with Gasteiger partial charge in [-0.1, -0.05) is 26.7 Å². The first-order chi connectivity index (χ1) is 10.1. The summed E-state index contributed by atoms with van der Waals surface area (Å²) in [5, 5.41) is 5.25. The van der Waals surface area contributed by atoms with E-state index in [1.54, 1.807) is 0 Å². The van der Waals surface area contributed by atoms with Crippen molar-refractivity contribution in [3.63, 3.8) is 0 Å². The average Bonchev–Trinajstić information content (AvgIpc) is 2.48. The van der Waals surface area contributed by atoms with Crippen LogP contribution in [0, 0.1) is 11.7 Å². The standard InChI is InChI=1S/C16H23FN2O2/c1-3-5-6-12(4-2)16(21)18-11-15(20)19-14-9-7-13(17)8-10-14/h7-10,12H,3-6,11H2,1-2H3,(H,18,21)(H,19,20)/t12-/m0/s1. The molecule has 0 aliphatic carbocycles. The number of hydrogen-bond acceptors (Lipinski definition) is 2. The second-order valence-corrected chi connectivity index (χ2v) is 5.02. The quantitative estimate of drug-likeness (QED) is 0.774. The minimum atomic E-state index is -0.358. The molecule has 21 heavy (non-hydrogen) atoms. The molecule has 2 amide bonds. The molecule has 1 atom stereocenters. The molecule has 0 heterocycles. The van der Waals surface area contributed by atoms with E-state index in [1.807, 2.05) is 6.92 Å². The predicted molar refractivity (Wildman–Crippen MR) is 81.3 cm³/mol. The number of benzene rings is 1. The summed E-state index contributed by atoms with van der Waals surface area (Å²) in [6.07, 6.45) is 3.67. The molecule has 0 saturated carbocycles. The van der Waals surface area contributed by atoms with Crippen LogP contribution in [-0.4, -0.2) is 18.4 Å². The van der Waals surface area contributed by atoms with Crippen LogP contribution in [0.15, 0.2) is 24.3 Å². The van der Waals surface area contributed by atoms with Crippen molar-refractivity contribution < 1.29 is 14.0 Å². The van der Waals surface area contributed by atoms with Gasteiger partial charge in [-0.15, -0.1) is 0 Å². The minimum absolute atomic E-state index is 0.0384. The second kappa shape index (κ2) is 9.10. The molecule has 5 heteroatoms. The summed E-state index contributed by atoms with van der Waals surface area (Å²) in [5.41, 5.74) is 0.508. The summed E-state index contributed by atoms with van der Waals surface area (Å²) in [5.74, 6) is -0.799. The lowest BCUT2D eigenvalue weighted by atomic mass is 9.98. The van der Waals surface area contributed by atoms with Gasteiger partial charge >= 0.3 is 0 Å². The molecular formula is C16H23FN2O2. The molecule has 0 saturated heterocycles. The van der Waals surface area contributed by atoms with Crippen molar-refractivity contribution in [3.8, 4) is 0 Å². The van der Waals surface area contributed by atoms with Crippen LogP contribution in [0.4, 0.5) is 10.1 Å². The number of nitrogens with one attached hydrogen (secondary N) is 2. The zero-order valence-corrected chi connectivity index (χ0v) is 12.6. The fourth-order valence-electron chi connectivity index (χ4n) is 2.02. The van der Waals surface area contributed by atoms with E-state index >= 15 is 0 Å². The van der Waals surface area contributed by atoms with Gasteiger partial charge in [-0.25, -0.2) is 4.39 Å². The van der Waals surface area contributed by atoms with Crippen LogP contribution in [0.1, 0.15) is 39.5 Å². The molecule has 4 nitrogen and oxygen atoms in total. The second-order valence-electron chi connectivity index (χ2n) is 5.02. The third kappa shape index (κ3) is 6.38. The van der Waals surface area contributed by atoms with E-state index in [9.17, 15) is 14.0 Å². The predicted octanol–water partition coefficient (Wildman–Crippen LogP) is 3.10. The van der Waals surface area contributed by atoms with Crippen LogP contribution in [0.25, 0.3) is 0 Å². The first kappa shape index (κ1) is 17.1. The van der Waals surface area contributed by atoms with E-state index in [1.165, 1.54) is 24.3 Å². The van der Waals surface area contributed by atoms with Crippen LogP contribution >= 0.6 is 0 Å². The van der Waals surface area contributed by atoms with Gasteiger partial charge in [-0.05, 0) is 37.1 Å². The fourth-order valence-corrected chi connectivity index (χ4v) is 2.02. The Kier molecular flexibility index (Phi) is 7.43. The highest BCUT2D eigenvalue weighted by atomic mass is 19.1. The van der Waals surface area contributed by atoms with E-state index in [4.69, 9.17) is 0 Å². The van der Waals surface area contributed by atoms with Crippen molar-refractivity contribution in [1.29, 1.82) is 0 Å². The van der Waals surface area contributed by atoms with Crippen LogP contribution < -0.4 is 10.6 Å². The molecule has 1 rings (SSSR count). The maximum Gasteiger partial charge on any atom is 0.243 e. The number of carbonyl (C=O) groups excluding carboxylic acids is 2. The van der Waals surface area contributed by atoms with Gasteiger partial charge < -0.3 is 10.6 Å². The molecular weight excluding hydrogens is 271 g/mol. The van der Waals surface area contributed by atoms with Crippen molar-refractivity contribution in [2.24, 2.45) is 5.92 Å². The highest BCUT2D eigenvalue weighted by molar-refractivity contribution is 5.94. The summed E-state index contributed by atoms with van der Waals surface area (Å²) in [6.45, 7) is 3.98. The summed E-state index contributed by atoms with van der Waals surface area (Å²) >= 11 is 0. The van der Waals surface area contributed by atoms with Gasteiger partial charge in [-0.3, -0.25) is 9.59 Å². The Morgan fingerprint density at radius 2 is 1.86 bits per heavy atom. The molecule has 0 aliphatic rings. The average molecular weight is 294 g/mol. The lowest BCUT2D eigenvalue weighted by Gasteiger charge is -2.14. The summed E-state index contributed by atoms with van der Waals surface area (Å²) in [7, 11) is 0. The maximum atomic E-state index is 12.7. The van der Waals surface area contributed by atoms with Crippen molar-refractivity contribution >= 4 is 17.5 Å². The number of anilines is 1. The number of carbonyl (C=O) groups is 2. The van der Waals surface area contributed by atoms with Gasteiger partial charge in [0, 0.05) is 11.6 Å². The molecule has 0 bridgehead atoms. The molecule has 0 spiro atoms. The Balaban J connectivity index is 2.37. The van der Waals surface area contributed by atoms with Crippen molar-refractivity contribution in [2.45, 2.75) is 39.5 Å². The largest absolute Gasteiger partial charge is 0.347 e. The Morgan fingerprint density at radius 3 is 2.43 bits per heavy atom. The molecule has 0 aromatic heterocycles. The zero-order valence-electron chi connectivity index (χ0n) is 12.6. The molecule has 1 aromatic carbocycles. The third-order valence-electron chi connectivity index (χ3n) is 3.32. The normalized spacial score (nSPS) is 11.8. The minimum Gasteiger partial charge on any atom is -0.347 e. The summed E-state index contributed by atoms with van der Waals surface area (Å²) in [4.78, 5) is 23.6. The van der Waals surface area contributed by atoms with Crippen LogP contribution in [0.5, 0.6) is 0 Å². The highest BCUT2D eigenvalue weighted by Crippen LogP contribution is 2.12. The highest BCUT2D eigenvalue weighted by Gasteiger charge is 2.16. The third-order valence-corrected chi connectivity index (χ3v) is 3.32. The first-order valence-electron chi connectivity index (χ1n) is 7.40. The maximum absolute atomic E-state index is 12.7. The number of unbranched alkanes of at least 4 members (excludes halogenated alkanes) is 1. The van der Waals surface area contributed by atoms with E-state index in [-0.39, 0.29) is 30.1 Å². The summed E-state index contributed by atoms with van der Waals surface area (Å²) in [6, 6.07) is 5.49. The lowest BCUT2D eigenvalue weighted by Crippen LogP contribution is -2.36. The molecule has 2 N–H and O–H groups in total. The number of hydrogen-bond donors (Lipinski definition) is 2. The van der Waals surface area contributed by atoms with Crippen molar-refractivity contribution in [2.75, 3.05) is 11.9 Å². The number of halogens is 1. The van der Waals surface area contributed by atoms with Gasteiger partial charge in [-0.2, -0.15) is 0 Å². The molecule has 0 fully saturated rings. The molecule has 0 radical (unpaired) electrons. The van der Waals surface area contributed by atoms with Crippen molar-refractivity contribution in [3.05, 3.63) is 30.1 Å². The van der Waals surface area contributed by atoms with Crippen LogP contribution in [0.2, 0.25) is 0 Å². The van der Waals surface area contributed by atoms with Crippen LogP contribution in [-0.2, 0) is 9.59 Å². The van der Waals surface area contributed by atoms with Gasteiger partial charge in [0.05, 0.1) is 6.54 Å². The molecule has 1 aromatic rings. The van der Waals surface area contributed by atoms with E-state index in [0.717, 1.165) is 25.7 Å². The first-order valence-corrected chi connectivity index (χ1v) is 7.40. The van der Waals surface area contributed by atoms with Crippen molar-refractivity contribution in [1.82, 2.24) is 5.32 Å². The Morgan fingerprint density at radius 1 is 1.19 bits per heavy atom. The molecule has 0 aliphatic heterocycles. The Bertz CT molecular complexity index is 460. The zero-order chi connectivity index (χ0) is 15.7.